The largest absolute Gasteiger partial charge is 0.353 e. The third kappa shape index (κ3) is 2.29. The molecule has 3 rings (SSSR count). The van der Waals surface area contributed by atoms with Gasteiger partial charge in [0.05, 0.1) is 17.1 Å². The number of carbonyl (C=O) groups is 1. The van der Waals surface area contributed by atoms with Crippen molar-refractivity contribution in [1.82, 2.24) is 20.2 Å². The number of aryl methyl sites for hydroxylation is 2. The Labute approximate surface area is 118 Å². The van der Waals surface area contributed by atoms with Gasteiger partial charge in [0.2, 0.25) is 5.91 Å². The maximum absolute atomic E-state index is 11.9. The predicted octanol–water partition coefficient (Wildman–Crippen LogP) is 0.995. The van der Waals surface area contributed by atoms with E-state index in [0.717, 1.165) is 29.9 Å². The Balaban J connectivity index is 1.96. The maximum Gasteiger partial charge on any atom is 0.237 e. The lowest BCUT2D eigenvalue weighted by molar-refractivity contribution is -0.124. The number of hydrogen-bond acceptors (Lipinski definition) is 3. The van der Waals surface area contributed by atoms with Crippen LogP contribution in [0.4, 0.5) is 0 Å². The number of carbonyl (C=O) groups excluding carboxylic acids is 1. The number of benzene rings is 1. The van der Waals surface area contributed by atoms with Crippen LogP contribution in [-0.2, 0) is 17.8 Å². The number of fused-ring (bicyclic) bond motifs is 1. The highest BCUT2D eigenvalue weighted by Gasteiger charge is 2.24. The molecule has 1 aliphatic heterocycles. The summed E-state index contributed by atoms with van der Waals surface area (Å²) in [5, 5.41) is 6.15. The molecule has 0 aliphatic carbocycles. The Morgan fingerprint density at radius 1 is 1.40 bits per heavy atom. The maximum atomic E-state index is 11.9. The number of nitrogens with one attached hydrogen (secondary N) is 2. The van der Waals surface area contributed by atoms with E-state index in [1.54, 1.807) is 0 Å². The zero-order chi connectivity index (χ0) is 14.1. The summed E-state index contributed by atoms with van der Waals surface area (Å²) in [7, 11) is 0. The summed E-state index contributed by atoms with van der Waals surface area (Å²) in [6.07, 6.45) is 0.632. The number of piperazine rings is 1. The summed E-state index contributed by atoms with van der Waals surface area (Å²) in [6.45, 7) is 6.57. The summed E-state index contributed by atoms with van der Waals surface area (Å²) in [5.41, 5.74) is 3.36. The molecule has 1 aliphatic rings. The molecule has 2 heterocycles. The van der Waals surface area contributed by atoms with Gasteiger partial charge in [0.15, 0.2) is 0 Å². The lowest BCUT2D eigenvalue weighted by atomic mass is 10.1. The molecule has 1 aromatic heterocycles. The van der Waals surface area contributed by atoms with Gasteiger partial charge in [-0.2, -0.15) is 0 Å². The van der Waals surface area contributed by atoms with Gasteiger partial charge < -0.3 is 15.2 Å². The van der Waals surface area contributed by atoms with Gasteiger partial charge in [-0.1, -0.05) is 6.07 Å². The van der Waals surface area contributed by atoms with Crippen LogP contribution in [0.2, 0.25) is 0 Å². The van der Waals surface area contributed by atoms with Gasteiger partial charge in [0.1, 0.15) is 5.82 Å². The molecule has 0 spiro atoms. The van der Waals surface area contributed by atoms with Crippen LogP contribution >= 0.6 is 0 Å². The van der Waals surface area contributed by atoms with Crippen molar-refractivity contribution in [3.63, 3.8) is 0 Å². The third-order valence-electron chi connectivity index (χ3n) is 3.82. The summed E-state index contributed by atoms with van der Waals surface area (Å²) < 4.78 is 2.19. The van der Waals surface area contributed by atoms with Gasteiger partial charge >= 0.3 is 0 Å². The third-order valence-corrected chi connectivity index (χ3v) is 3.82. The van der Waals surface area contributed by atoms with E-state index >= 15 is 0 Å². The van der Waals surface area contributed by atoms with Crippen molar-refractivity contribution in [2.24, 2.45) is 0 Å². The van der Waals surface area contributed by atoms with Crippen LogP contribution in [0.25, 0.3) is 11.0 Å². The molecule has 5 nitrogen and oxygen atoms in total. The quantitative estimate of drug-likeness (QED) is 0.876. The van der Waals surface area contributed by atoms with Crippen molar-refractivity contribution in [3.8, 4) is 0 Å². The summed E-state index contributed by atoms with van der Waals surface area (Å²) in [5.74, 6) is 1.05. The van der Waals surface area contributed by atoms with Crippen LogP contribution in [-0.4, -0.2) is 34.6 Å². The normalized spacial score (nSPS) is 19.3. The number of nitrogens with zero attached hydrogens (tertiary/aromatic N) is 2. The van der Waals surface area contributed by atoms with Gasteiger partial charge in [0.25, 0.3) is 0 Å². The number of amides is 1. The van der Waals surface area contributed by atoms with E-state index < -0.39 is 0 Å². The van der Waals surface area contributed by atoms with Crippen molar-refractivity contribution < 1.29 is 4.79 Å². The van der Waals surface area contributed by atoms with Crippen LogP contribution < -0.4 is 10.6 Å². The SMILES string of the molecule is CCn1c(CC2NCCNC2=O)nc2cc(C)ccc21. The van der Waals surface area contributed by atoms with Crippen LogP contribution in [0.5, 0.6) is 0 Å². The second-order valence-corrected chi connectivity index (χ2v) is 5.27. The standard InChI is InChI=1S/C15H20N4O/c1-3-19-13-5-4-10(2)8-11(13)18-14(19)9-12-15(20)17-7-6-16-12/h4-5,8,12,16H,3,6-7,9H2,1-2H3,(H,17,20). The molecule has 5 heteroatoms. The molecule has 20 heavy (non-hydrogen) atoms. The molecule has 1 amide bonds. The molecule has 0 bridgehead atoms. The molecule has 1 unspecified atom stereocenters. The van der Waals surface area contributed by atoms with Gasteiger partial charge in [-0.3, -0.25) is 4.79 Å². The van der Waals surface area contributed by atoms with Gasteiger partial charge in [0, 0.05) is 26.1 Å². The molecule has 1 saturated heterocycles. The van der Waals surface area contributed by atoms with Crippen LogP contribution in [0.3, 0.4) is 0 Å². The minimum Gasteiger partial charge on any atom is -0.353 e. The highest BCUT2D eigenvalue weighted by atomic mass is 16.2. The Morgan fingerprint density at radius 3 is 3.00 bits per heavy atom. The lowest BCUT2D eigenvalue weighted by Crippen LogP contribution is -2.54. The predicted molar refractivity (Wildman–Crippen MR) is 78.6 cm³/mol. The van der Waals surface area contributed by atoms with Gasteiger partial charge in [-0.25, -0.2) is 4.98 Å². The van der Waals surface area contributed by atoms with Crippen molar-refractivity contribution in [2.45, 2.75) is 32.9 Å². The summed E-state index contributed by atoms with van der Waals surface area (Å²) >= 11 is 0. The molecule has 0 radical (unpaired) electrons. The lowest BCUT2D eigenvalue weighted by Gasteiger charge is -2.23. The molecule has 1 atom stereocenters. The fourth-order valence-corrected chi connectivity index (χ4v) is 2.79. The molecule has 0 saturated carbocycles. The first-order valence-corrected chi connectivity index (χ1v) is 7.16. The van der Waals surface area contributed by atoms with Crippen LogP contribution in [0.15, 0.2) is 18.2 Å². The topological polar surface area (TPSA) is 59.0 Å². The monoisotopic (exact) mass is 272 g/mol. The van der Waals surface area contributed by atoms with E-state index in [-0.39, 0.29) is 11.9 Å². The van der Waals surface area contributed by atoms with Crippen LogP contribution in [0, 0.1) is 6.92 Å². The second kappa shape index (κ2) is 5.25. The molecule has 1 aromatic carbocycles. The van der Waals surface area contributed by atoms with E-state index in [1.807, 2.05) is 0 Å². The molecule has 1 fully saturated rings. The average Bonchev–Trinajstić information content (AvgIpc) is 2.77. The van der Waals surface area contributed by atoms with E-state index in [4.69, 9.17) is 4.98 Å². The Morgan fingerprint density at radius 2 is 2.25 bits per heavy atom. The highest BCUT2D eigenvalue weighted by Crippen LogP contribution is 2.19. The number of aromatic nitrogens is 2. The number of imidazole rings is 1. The zero-order valence-electron chi connectivity index (χ0n) is 11.9. The fraction of sp³-hybridized carbons (Fsp3) is 0.467. The Kier molecular flexibility index (Phi) is 3.44. The minimum absolute atomic E-state index is 0.0714. The van der Waals surface area contributed by atoms with E-state index in [9.17, 15) is 4.79 Å². The average molecular weight is 272 g/mol. The van der Waals surface area contributed by atoms with Crippen LogP contribution in [0.1, 0.15) is 18.3 Å². The molecule has 2 aromatic rings. The summed E-state index contributed by atoms with van der Waals surface area (Å²) in [4.78, 5) is 16.6. The zero-order valence-corrected chi connectivity index (χ0v) is 11.9. The number of rotatable bonds is 3. The molecule has 106 valence electrons. The fourth-order valence-electron chi connectivity index (χ4n) is 2.79. The molecule has 2 N–H and O–H groups in total. The van der Waals surface area contributed by atoms with Crippen molar-refractivity contribution in [2.75, 3.05) is 13.1 Å². The van der Waals surface area contributed by atoms with E-state index in [2.05, 4.69) is 47.2 Å². The van der Waals surface area contributed by atoms with E-state index in [1.165, 1.54) is 5.56 Å². The number of hydrogen-bond donors (Lipinski definition) is 2. The Bertz CT molecular complexity index is 647. The molecular formula is C15H20N4O. The smallest absolute Gasteiger partial charge is 0.237 e. The second-order valence-electron chi connectivity index (χ2n) is 5.27. The summed E-state index contributed by atoms with van der Waals surface area (Å²) in [6, 6.07) is 6.14. The first kappa shape index (κ1) is 13.1. The minimum atomic E-state index is -0.174. The van der Waals surface area contributed by atoms with Crippen molar-refractivity contribution in [1.29, 1.82) is 0 Å². The first-order valence-electron chi connectivity index (χ1n) is 7.16. The van der Waals surface area contributed by atoms with Crippen molar-refractivity contribution in [3.05, 3.63) is 29.6 Å². The van der Waals surface area contributed by atoms with Gasteiger partial charge in [-0.15, -0.1) is 0 Å². The highest BCUT2D eigenvalue weighted by molar-refractivity contribution is 5.83. The van der Waals surface area contributed by atoms with E-state index in [0.29, 0.717) is 13.0 Å². The Hall–Kier alpha value is -1.88. The van der Waals surface area contributed by atoms with Gasteiger partial charge in [-0.05, 0) is 31.5 Å². The molecular weight excluding hydrogens is 252 g/mol. The first-order chi connectivity index (χ1) is 9.69. The van der Waals surface area contributed by atoms with Crippen molar-refractivity contribution >= 4 is 16.9 Å².